The number of aryl methyl sites for hydroxylation is 1. The molecule has 2 aromatic heterocycles. The highest BCUT2D eigenvalue weighted by Gasteiger charge is 2.54. The molecule has 3 aromatic rings. The van der Waals surface area contributed by atoms with Crippen molar-refractivity contribution in [2.24, 2.45) is 5.92 Å². The van der Waals surface area contributed by atoms with Crippen molar-refractivity contribution >= 4 is 38.6 Å². The summed E-state index contributed by atoms with van der Waals surface area (Å²) in [6, 6.07) is 10.1. The van der Waals surface area contributed by atoms with E-state index in [1.165, 1.54) is 15.4 Å². The predicted octanol–water partition coefficient (Wildman–Crippen LogP) is 2.42. The fourth-order valence-corrected chi connectivity index (χ4v) is 7.53. The quantitative estimate of drug-likeness (QED) is 0.456. The second-order valence-corrected chi connectivity index (χ2v) is 12.6. The monoisotopic (exact) mass is 550 g/mol. The van der Waals surface area contributed by atoms with Crippen LogP contribution in [0.5, 0.6) is 0 Å². The molecule has 0 spiro atoms. The molecule has 204 valence electrons. The van der Waals surface area contributed by atoms with Crippen molar-refractivity contribution in [3.05, 3.63) is 65.7 Å². The molecule has 3 fully saturated rings. The Balaban J connectivity index is 1.21. The number of furan rings is 1. The smallest absolute Gasteiger partial charge is 0.287 e. The third-order valence-electron chi connectivity index (χ3n) is 7.99. The number of nitrogens with one attached hydrogen (secondary N) is 1. The molecular formula is C28H30N4O6S. The summed E-state index contributed by atoms with van der Waals surface area (Å²) in [4.78, 5) is 45.8. The largest absolute Gasteiger partial charge is 0.451 e. The van der Waals surface area contributed by atoms with Crippen LogP contribution in [0.4, 0.5) is 0 Å². The molecule has 1 aromatic carbocycles. The van der Waals surface area contributed by atoms with Gasteiger partial charge in [0.05, 0.1) is 18.3 Å². The minimum absolute atomic E-state index is 0.160. The van der Waals surface area contributed by atoms with E-state index in [-0.39, 0.29) is 36.3 Å². The number of likely N-dealkylation sites (tertiary alicyclic amines) is 1. The lowest BCUT2D eigenvalue weighted by molar-refractivity contribution is -0.138. The van der Waals surface area contributed by atoms with E-state index in [1.807, 2.05) is 18.2 Å². The summed E-state index contributed by atoms with van der Waals surface area (Å²) in [5, 5.41) is 3.71. The molecule has 1 aliphatic carbocycles. The number of hydrogen-bond donors (Lipinski definition) is 1. The van der Waals surface area contributed by atoms with Crippen LogP contribution in [0.2, 0.25) is 0 Å². The molecule has 3 aliphatic rings. The number of ketones is 1. The second kappa shape index (κ2) is 9.87. The number of carbonyl (C=O) groups is 3. The van der Waals surface area contributed by atoms with E-state index in [0.29, 0.717) is 35.6 Å². The molecule has 3 atom stereocenters. The Bertz CT molecular complexity index is 1550. The number of nitrogens with zero attached hydrogens (tertiary/aromatic N) is 3. The van der Waals surface area contributed by atoms with Crippen LogP contribution in [0, 0.1) is 12.8 Å². The maximum Gasteiger partial charge on any atom is 0.287 e. The van der Waals surface area contributed by atoms with Crippen molar-refractivity contribution in [3.8, 4) is 0 Å². The Morgan fingerprint density at radius 2 is 1.90 bits per heavy atom. The third-order valence-corrected chi connectivity index (χ3v) is 9.77. The van der Waals surface area contributed by atoms with Gasteiger partial charge in [0, 0.05) is 23.7 Å². The molecule has 6 rings (SSSR count). The van der Waals surface area contributed by atoms with Gasteiger partial charge in [-0.15, -0.1) is 0 Å². The first-order valence-electron chi connectivity index (χ1n) is 13.2. The second-order valence-electron chi connectivity index (χ2n) is 10.7. The first kappa shape index (κ1) is 25.7. The van der Waals surface area contributed by atoms with E-state index in [9.17, 15) is 22.8 Å². The average molecular weight is 551 g/mol. The van der Waals surface area contributed by atoms with Crippen LogP contribution in [-0.2, 0) is 25.4 Å². The van der Waals surface area contributed by atoms with Crippen LogP contribution in [-0.4, -0.2) is 71.4 Å². The number of fused-ring (bicyclic) bond motifs is 2. The zero-order valence-electron chi connectivity index (χ0n) is 21.6. The summed E-state index contributed by atoms with van der Waals surface area (Å²) >= 11 is 0. The number of para-hydroxylation sites is 1. The Morgan fingerprint density at radius 1 is 1.13 bits per heavy atom. The van der Waals surface area contributed by atoms with Crippen LogP contribution in [0.1, 0.15) is 47.5 Å². The van der Waals surface area contributed by atoms with Gasteiger partial charge in [0.2, 0.25) is 15.9 Å². The fourth-order valence-electron chi connectivity index (χ4n) is 5.86. The molecule has 11 heteroatoms. The standard InChI is InChI=1S/C28H30N4O6S/c1-17-20-7-2-3-8-24(20)38-26(17)27(34)30-21(14-18-9-10-18)28(35)31-13-11-22-25(31)23(33)15-32(22)39(36,37)16-19-6-4-5-12-29-19/h2-8,12,18,21-22,25H,9-11,13-16H2,1H3,(H,30,34). The Hall–Kier alpha value is -3.57. The number of benzene rings is 1. The van der Waals surface area contributed by atoms with Gasteiger partial charge in [-0.05, 0) is 43.9 Å². The fraction of sp³-hybridized carbons (Fsp3) is 0.429. The van der Waals surface area contributed by atoms with Crippen molar-refractivity contribution in [1.82, 2.24) is 19.5 Å². The molecule has 1 saturated carbocycles. The lowest BCUT2D eigenvalue weighted by atomic mass is 10.1. The van der Waals surface area contributed by atoms with Gasteiger partial charge in [0.25, 0.3) is 5.91 Å². The summed E-state index contributed by atoms with van der Waals surface area (Å²) in [5.74, 6) is -0.961. The van der Waals surface area contributed by atoms with Crippen molar-refractivity contribution in [2.75, 3.05) is 13.1 Å². The number of amides is 2. The van der Waals surface area contributed by atoms with Crippen molar-refractivity contribution < 1.29 is 27.2 Å². The van der Waals surface area contributed by atoms with Crippen molar-refractivity contribution in [3.63, 3.8) is 0 Å². The van der Waals surface area contributed by atoms with Crippen molar-refractivity contribution in [2.45, 2.75) is 56.5 Å². The summed E-state index contributed by atoms with van der Waals surface area (Å²) in [6.07, 6.45) is 4.31. The number of sulfonamides is 1. The van der Waals surface area contributed by atoms with E-state index < -0.39 is 34.1 Å². The first-order valence-corrected chi connectivity index (χ1v) is 14.9. The molecule has 3 unspecified atom stereocenters. The highest BCUT2D eigenvalue weighted by molar-refractivity contribution is 7.88. The van der Waals surface area contributed by atoms with Gasteiger partial charge in [0.15, 0.2) is 11.5 Å². The highest BCUT2D eigenvalue weighted by Crippen LogP contribution is 2.37. The normalized spacial score (nSPS) is 22.3. The Morgan fingerprint density at radius 3 is 2.62 bits per heavy atom. The lowest BCUT2D eigenvalue weighted by Crippen LogP contribution is -2.52. The number of Topliss-reactive ketones (excluding diaryl/α,β-unsaturated/α-hetero) is 1. The first-order chi connectivity index (χ1) is 18.7. The van der Waals surface area contributed by atoms with Gasteiger partial charge in [-0.3, -0.25) is 19.4 Å². The van der Waals surface area contributed by atoms with E-state index in [0.717, 1.165) is 18.2 Å². The summed E-state index contributed by atoms with van der Waals surface area (Å²) in [5.41, 5.74) is 1.69. The molecule has 1 N–H and O–H groups in total. The third kappa shape index (κ3) is 4.85. The molecule has 2 amide bonds. The van der Waals surface area contributed by atoms with E-state index in [4.69, 9.17) is 4.42 Å². The molecule has 2 saturated heterocycles. The van der Waals surface area contributed by atoms with Gasteiger partial charge >= 0.3 is 0 Å². The number of rotatable bonds is 8. The lowest BCUT2D eigenvalue weighted by Gasteiger charge is -2.28. The minimum Gasteiger partial charge on any atom is -0.451 e. The molecule has 4 heterocycles. The highest BCUT2D eigenvalue weighted by atomic mass is 32.2. The topological polar surface area (TPSA) is 130 Å². The molecule has 10 nitrogen and oxygen atoms in total. The van der Waals surface area contributed by atoms with Crippen LogP contribution in [0.3, 0.4) is 0 Å². The summed E-state index contributed by atoms with van der Waals surface area (Å²) in [6.45, 7) is 1.78. The predicted molar refractivity (Wildman–Crippen MR) is 142 cm³/mol. The Kier molecular flexibility index (Phi) is 6.50. The van der Waals surface area contributed by atoms with E-state index in [2.05, 4.69) is 10.3 Å². The number of aromatic nitrogens is 1. The molecule has 2 aliphatic heterocycles. The van der Waals surface area contributed by atoms with E-state index in [1.54, 1.807) is 31.2 Å². The average Bonchev–Trinajstić information content (AvgIpc) is 3.37. The van der Waals surface area contributed by atoms with Gasteiger partial charge in [-0.1, -0.05) is 37.1 Å². The number of pyridine rings is 1. The minimum atomic E-state index is -3.82. The summed E-state index contributed by atoms with van der Waals surface area (Å²) in [7, 11) is -3.82. The van der Waals surface area contributed by atoms with Gasteiger partial charge < -0.3 is 14.6 Å². The van der Waals surface area contributed by atoms with Crippen LogP contribution in [0.25, 0.3) is 11.0 Å². The number of carbonyl (C=O) groups excluding carboxylic acids is 3. The van der Waals surface area contributed by atoms with Crippen LogP contribution < -0.4 is 5.32 Å². The van der Waals surface area contributed by atoms with Crippen LogP contribution >= 0.6 is 0 Å². The molecule has 0 bridgehead atoms. The molecule has 0 radical (unpaired) electrons. The SMILES string of the molecule is Cc1c(C(=O)NC(CC2CC2)C(=O)N2CCC3C2C(=O)CN3S(=O)(=O)Cc2ccccn2)oc2ccccc12. The molecular weight excluding hydrogens is 520 g/mol. The summed E-state index contributed by atoms with van der Waals surface area (Å²) < 4.78 is 33.5. The molecule has 39 heavy (non-hydrogen) atoms. The van der Waals surface area contributed by atoms with Crippen molar-refractivity contribution in [1.29, 1.82) is 0 Å². The number of hydrogen-bond acceptors (Lipinski definition) is 7. The van der Waals surface area contributed by atoms with E-state index >= 15 is 0 Å². The zero-order chi connectivity index (χ0) is 27.3. The maximum atomic E-state index is 13.8. The van der Waals surface area contributed by atoms with Gasteiger partial charge in [-0.2, -0.15) is 4.31 Å². The maximum absolute atomic E-state index is 13.8. The zero-order valence-corrected chi connectivity index (χ0v) is 22.4. The van der Waals surface area contributed by atoms with Crippen LogP contribution in [0.15, 0.2) is 53.1 Å². The van der Waals surface area contributed by atoms with Gasteiger partial charge in [-0.25, -0.2) is 8.42 Å². The van der Waals surface area contributed by atoms with Gasteiger partial charge in [0.1, 0.15) is 23.4 Å². The Labute approximate surface area is 226 Å².